The van der Waals surface area contributed by atoms with E-state index in [-0.39, 0.29) is 12.0 Å². The maximum atomic E-state index is 11.3. The molecule has 2 unspecified atom stereocenters. The number of carbonyl (C=O) groups is 1. The van der Waals surface area contributed by atoms with Crippen LogP contribution in [0.3, 0.4) is 0 Å². The summed E-state index contributed by atoms with van der Waals surface area (Å²) in [5, 5.41) is 29.9. The monoisotopic (exact) mass is 412 g/mol. The van der Waals surface area contributed by atoms with E-state index in [1.807, 2.05) is 0 Å². The molecular formula is C24H44O5. The third kappa shape index (κ3) is 8.03. The number of ether oxygens (including phenoxy) is 1. The van der Waals surface area contributed by atoms with Crippen molar-refractivity contribution in [3.63, 3.8) is 0 Å². The Morgan fingerprint density at radius 3 is 2.48 bits per heavy atom. The van der Waals surface area contributed by atoms with Crippen molar-refractivity contribution in [1.82, 2.24) is 0 Å². The van der Waals surface area contributed by atoms with E-state index in [0.717, 1.165) is 38.5 Å². The highest BCUT2D eigenvalue weighted by Gasteiger charge is 2.40. The van der Waals surface area contributed by atoms with Gasteiger partial charge in [-0.05, 0) is 62.7 Å². The molecule has 1 rings (SSSR count). The molecule has 1 aliphatic rings. The number of rotatable bonds is 14. The third-order valence-electron chi connectivity index (χ3n) is 6.85. The van der Waals surface area contributed by atoms with Crippen LogP contribution in [0.5, 0.6) is 0 Å². The van der Waals surface area contributed by atoms with Crippen LogP contribution in [-0.4, -0.2) is 46.2 Å². The summed E-state index contributed by atoms with van der Waals surface area (Å²) < 4.78 is 5.02. The van der Waals surface area contributed by atoms with Gasteiger partial charge >= 0.3 is 5.97 Å². The summed E-state index contributed by atoms with van der Waals surface area (Å²) in [6, 6.07) is 0. The number of hydrogen-bond acceptors (Lipinski definition) is 4. The molecule has 5 heteroatoms. The molecule has 0 radical (unpaired) electrons. The van der Waals surface area contributed by atoms with Crippen LogP contribution in [-0.2, 0) is 9.53 Å². The Labute approximate surface area is 177 Å². The van der Waals surface area contributed by atoms with Gasteiger partial charge in [-0.3, -0.25) is 0 Å². The minimum atomic E-state index is -1.57. The molecule has 29 heavy (non-hydrogen) atoms. The van der Waals surface area contributed by atoms with E-state index in [1.54, 1.807) is 0 Å². The molecule has 0 amide bonds. The Kier molecular flexibility index (Phi) is 10.9. The first-order chi connectivity index (χ1) is 13.6. The molecular weight excluding hydrogens is 368 g/mol. The molecule has 0 aromatic heterocycles. The second-order valence-corrected chi connectivity index (χ2v) is 9.79. The van der Waals surface area contributed by atoms with Crippen molar-refractivity contribution in [3.05, 3.63) is 12.2 Å². The van der Waals surface area contributed by atoms with Crippen LogP contribution in [0.2, 0.25) is 0 Å². The molecule has 5 atom stereocenters. The van der Waals surface area contributed by atoms with Gasteiger partial charge in [0.1, 0.15) is 0 Å². The predicted molar refractivity (Wildman–Crippen MR) is 117 cm³/mol. The summed E-state index contributed by atoms with van der Waals surface area (Å²) in [5.74, 6) is -0.471. The second-order valence-electron chi connectivity index (χ2n) is 9.79. The Hall–Kier alpha value is -0.910. The predicted octanol–water partition coefficient (Wildman–Crippen LogP) is 4.95. The first kappa shape index (κ1) is 26.1. The maximum absolute atomic E-state index is 11.3. The molecule has 0 bridgehead atoms. The first-order valence-corrected chi connectivity index (χ1v) is 11.4. The number of hydrogen-bond donors (Lipinski definition) is 3. The SMILES string of the molecule is CCCCC(C)(C)CC=C[C@H]1CC[C@H](O)[C@@H]1CCCCC(O)C(C)(OC)C(=O)O. The zero-order valence-corrected chi connectivity index (χ0v) is 19.2. The molecule has 0 aliphatic heterocycles. The van der Waals surface area contributed by atoms with Gasteiger partial charge in [-0.15, -0.1) is 0 Å². The molecule has 1 saturated carbocycles. The van der Waals surface area contributed by atoms with Crippen molar-refractivity contribution in [2.75, 3.05) is 7.11 Å². The van der Waals surface area contributed by atoms with Crippen LogP contribution < -0.4 is 0 Å². The largest absolute Gasteiger partial charge is 0.479 e. The first-order valence-electron chi connectivity index (χ1n) is 11.4. The van der Waals surface area contributed by atoms with Crippen molar-refractivity contribution in [1.29, 1.82) is 0 Å². The van der Waals surface area contributed by atoms with E-state index in [4.69, 9.17) is 4.74 Å². The standard InChI is InChI=1S/C24H44O5/c1-6-7-16-23(2,3)17-10-11-18-14-15-20(25)19(18)12-8-9-13-21(26)24(4,29-5)22(27)28/h10-11,18-21,25-26H,6-9,12-17H2,1-5H3,(H,27,28)/t18-,19+,20-,21?,24?/m0/s1. The number of aliphatic carboxylic acids is 1. The summed E-state index contributed by atoms with van der Waals surface area (Å²) in [4.78, 5) is 11.3. The van der Waals surface area contributed by atoms with Gasteiger partial charge in [-0.1, -0.05) is 58.6 Å². The van der Waals surface area contributed by atoms with Crippen LogP contribution in [0.4, 0.5) is 0 Å². The van der Waals surface area contributed by atoms with Crippen molar-refractivity contribution < 1.29 is 24.9 Å². The van der Waals surface area contributed by atoms with E-state index in [2.05, 4.69) is 32.9 Å². The highest BCUT2D eigenvalue weighted by atomic mass is 16.5. The maximum Gasteiger partial charge on any atom is 0.338 e. The molecule has 3 N–H and O–H groups in total. The number of aliphatic hydroxyl groups is 2. The average molecular weight is 413 g/mol. The van der Waals surface area contributed by atoms with Crippen molar-refractivity contribution in [2.45, 2.75) is 110 Å². The topological polar surface area (TPSA) is 87.0 Å². The Bertz CT molecular complexity index is 515. The molecule has 0 heterocycles. The van der Waals surface area contributed by atoms with Crippen LogP contribution in [0, 0.1) is 17.3 Å². The zero-order valence-electron chi connectivity index (χ0n) is 19.2. The fourth-order valence-corrected chi connectivity index (χ4v) is 4.40. The lowest BCUT2D eigenvalue weighted by Gasteiger charge is -2.29. The van der Waals surface area contributed by atoms with Crippen LogP contribution in [0.15, 0.2) is 12.2 Å². The summed E-state index contributed by atoms with van der Waals surface area (Å²) in [6.07, 6.45) is 12.9. The van der Waals surface area contributed by atoms with Crippen LogP contribution >= 0.6 is 0 Å². The summed E-state index contributed by atoms with van der Waals surface area (Å²) in [5.41, 5.74) is -1.24. The lowest BCUT2D eigenvalue weighted by Crippen LogP contribution is -2.48. The fourth-order valence-electron chi connectivity index (χ4n) is 4.40. The lowest BCUT2D eigenvalue weighted by atomic mass is 9.82. The highest BCUT2D eigenvalue weighted by Crippen LogP contribution is 2.38. The number of carboxylic acids is 1. The number of unbranched alkanes of at least 4 members (excludes halogenated alkanes) is 2. The van der Waals surface area contributed by atoms with E-state index >= 15 is 0 Å². The summed E-state index contributed by atoms with van der Waals surface area (Å²) in [6.45, 7) is 8.28. The molecule has 0 saturated heterocycles. The molecule has 0 spiro atoms. The Morgan fingerprint density at radius 2 is 1.90 bits per heavy atom. The molecule has 170 valence electrons. The van der Waals surface area contributed by atoms with Crippen LogP contribution in [0.1, 0.15) is 91.9 Å². The minimum absolute atomic E-state index is 0.258. The van der Waals surface area contributed by atoms with Crippen LogP contribution in [0.25, 0.3) is 0 Å². The normalized spacial score (nSPS) is 26.0. The summed E-state index contributed by atoms with van der Waals surface area (Å²) >= 11 is 0. The van der Waals surface area contributed by atoms with E-state index in [1.165, 1.54) is 33.3 Å². The third-order valence-corrected chi connectivity index (χ3v) is 6.85. The lowest BCUT2D eigenvalue weighted by molar-refractivity contribution is -0.174. The number of allylic oxidation sites excluding steroid dienone is 2. The minimum Gasteiger partial charge on any atom is -0.479 e. The summed E-state index contributed by atoms with van der Waals surface area (Å²) in [7, 11) is 1.31. The molecule has 1 fully saturated rings. The average Bonchev–Trinajstić information content (AvgIpc) is 3.02. The number of carboxylic acid groups (broad SMARTS) is 1. The number of methoxy groups -OCH3 is 1. The molecule has 1 aliphatic carbocycles. The quantitative estimate of drug-likeness (QED) is 0.278. The van der Waals surface area contributed by atoms with E-state index < -0.39 is 17.7 Å². The van der Waals surface area contributed by atoms with Gasteiger partial charge in [0.15, 0.2) is 5.60 Å². The second kappa shape index (κ2) is 12.1. The van der Waals surface area contributed by atoms with Gasteiger partial charge in [-0.25, -0.2) is 4.79 Å². The molecule has 0 aromatic rings. The fraction of sp³-hybridized carbons (Fsp3) is 0.875. The smallest absolute Gasteiger partial charge is 0.338 e. The highest BCUT2D eigenvalue weighted by molar-refractivity contribution is 5.77. The van der Waals surface area contributed by atoms with Gasteiger partial charge in [0.25, 0.3) is 0 Å². The van der Waals surface area contributed by atoms with E-state index in [9.17, 15) is 20.1 Å². The van der Waals surface area contributed by atoms with Crippen molar-refractivity contribution in [3.8, 4) is 0 Å². The zero-order chi connectivity index (χ0) is 22.1. The Balaban J connectivity index is 2.47. The molecule has 5 nitrogen and oxygen atoms in total. The number of aliphatic hydroxyl groups excluding tert-OH is 2. The Morgan fingerprint density at radius 1 is 1.21 bits per heavy atom. The van der Waals surface area contributed by atoms with Gasteiger partial charge < -0.3 is 20.1 Å². The van der Waals surface area contributed by atoms with Gasteiger partial charge in [0.2, 0.25) is 0 Å². The van der Waals surface area contributed by atoms with Gasteiger partial charge in [0, 0.05) is 7.11 Å². The van der Waals surface area contributed by atoms with Gasteiger partial charge in [-0.2, -0.15) is 0 Å². The van der Waals surface area contributed by atoms with Crippen molar-refractivity contribution in [2.24, 2.45) is 17.3 Å². The van der Waals surface area contributed by atoms with E-state index in [0.29, 0.717) is 17.8 Å². The van der Waals surface area contributed by atoms with Crippen molar-refractivity contribution >= 4 is 5.97 Å². The molecule has 0 aromatic carbocycles. The van der Waals surface area contributed by atoms with Gasteiger partial charge in [0.05, 0.1) is 12.2 Å².